The standard InChI is InChI=1S/C25H21Cl2P/c26-25-19-11-10-12-21(25)20-28(27,22-13-4-1-5-14-22,23-15-6-2-7-16-23)24-17-8-3-9-18-24/h1-19H,20H2. The molecule has 0 aromatic heterocycles. The molecule has 28 heavy (non-hydrogen) atoms. The van der Waals surface area contributed by atoms with Gasteiger partial charge in [0.1, 0.15) is 0 Å². The van der Waals surface area contributed by atoms with Crippen molar-refractivity contribution in [3.63, 3.8) is 0 Å². The fraction of sp³-hybridized carbons (Fsp3) is 0.0400. The Bertz CT molecular complexity index is 964. The third-order valence-corrected chi connectivity index (χ3v) is 12.9. The van der Waals surface area contributed by atoms with E-state index in [1.165, 1.54) is 0 Å². The van der Waals surface area contributed by atoms with Crippen LogP contribution < -0.4 is 15.9 Å². The molecule has 0 aliphatic heterocycles. The van der Waals surface area contributed by atoms with Crippen LogP contribution in [0.2, 0.25) is 5.02 Å². The van der Waals surface area contributed by atoms with Crippen LogP contribution in [0.5, 0.6) is 0 Å². The fourth-order valence-electron chi connectivity index (χ4n) is 3.88. The number of halogens is 2. The molecule has 4 aromatic carbocycles. The molecule has 3 heteroatoms. The Balaban J connectivity index is 2.11. The van der Waals surface area contributed by atoms with Crippen LogP contribution in [0, 0.1) is 0 Å². The summed E-state index contributed by atoms with van der Waals surface area (Å²) in [6.45, 7) is 0. The molecule has 0 aliphatic carbocycles. The zero-order valence-corrected chi connectivity index (χ0v) is 17.8. The average molecular weight is 423 g/mol. The molecule has 4 rings (SSSR count). The summed E-state index contributed by atoms with van der Waals surface area (Å²) in [5, 5.41) is 4.19. The molecule has 0 unspecified atom stereocenters. The van der Waals surface area contributed by atoms with Crippen LogP contribution in [0.4, 0.5) is 0 Å². The maximum atomic E-state index is 8.05. The molecular weight excluding hydrogens is 402 g/mol. The van der Waals surface area contributed by atoms with Crippen molar-refractivity contribution in [2.24, 2.45) is 0 Å². The first-order chi connectivity index (χ1) is 13.6. The minimum atomic E-state index is -3.32. The first-order valence-electron chi connectivity index (χ1n) is 9.26. The van der Waals surface area contributed by atoms with Gasteiger partial charge in [-0.3, -0.25) is 0 Å². The normalized spacial score (nSPS) is 12.9. The van der Waals surface area contributed by atoms with E-state index in [2.05, 4.69) is 78.9 Å². The van der Waals surface area contributed by atoms with E-state index in [0.717, 1.165) is 26.5 Å². The molecule has 0 fully saturated rings. The van der Waals surface area contributed by atoms with Gasteiger partial charge in [0.2, 0.25) is 0 Å². The van der Waals surface area contributed by atoms with Gasteiger partial charge in [-0.2, -0.15) is 0 Å². The Morgan fingerprint density at radius 2 is 0.857 bits per heavy atom. The van der Waals surface area contributed by atoms with E-state index in [4.69, 9.17) is 22.8 Å². The minimum absolute atomic E-state index is 0.658. The van der Waals surface area contributed by atoms with E-state index in [1.54, 1.807) is 0 Å². The van der Waals surface area contributed by atoms with Crippen LogP contribution in [0.3, 0.4) is 0 Å². The molecule has 0 N–H and O–H groups in total. The van der Waals surface area contributed by atoms with E-state index in [1.807, 2.05) is 36.4 Å². The monoisotopic (exact) mass is 422 g/mol. The van der Waals surface area contributed by atoms with Gasteiger partial charge in [-0.15, -0.1) is 0 Å². The topological polar surface area (TPSA) is 0 Å². The molecule has 0 bridgehead atoms. The van der Waals surface area contributed by atoms with Crippen molar-refractivity contribution in [3.8, 4) is 0 Å². The summed E-state index contributed by atoms with van der Waals surface area (Å²) in [6, 6.07) is 39.4. The third-order valence-electron chi connectivity index (χ3n) is 5.31. The van der Waals surface area contributed by atoms with Gasteiger partial charge in [-0.1, -0.05) is 0 Å². The van der Waals surface area contributed by atoms with Gasteiger partial charge in [0.15, 0.2) is 0 Å². The van der Waals surface area contributed by atoms with Gasteiger partial charge in [0.05, 0.1) is 0 Å². The van der Waals surface area contributed by atoms with Crippen molar-refractivity contribution < 1.29 is 0 Å². The predicted octanol–water partition coefficient (Wildman–Crippen LogP) is 6.52. The van der Waals surface area contributed by atoms with Crippen molar-refractivity contribution in [2.45, 2.75) is 6.16 Å². The number of hydrogen-bond donors (Lipinski definition) is 0. The SMILES string of the molecule is Clc1ccccc1CP(Cl)(c1ccccc1)(c1ccccc1)c1ccccc1. The van der Waals surface area contributed by atoms with Crippen LogP contribution in [0.25, 0.3) is 0 Å². The molecule has 0 nitrogen and oxygen atoms in total. The second-order valence-corrected chi connectivity index (χ2v) is 13.8. The molecule has 0 spiro atoms. The van der Waals surface area contributed by atoms with Crippen molar-refractivity contribution in [3.05, 3.63) is 126 Å². The molecule has 0 saturated carbocycles. The Kier molecular flexibility index (Phi) is 5.30. The second-order valence-electron chi connectivity index (χ2n) is 6.94. The van der Waals surface area contributed by atoms with E-state index in [-0.39, 0.29) is 0 Å². The van der Waals surface area contributed by atoms with Gasteiger partial charge >= 0.3 is 177 Å². The Morgan fingerprint density at radius 1 is 0.500 bits per heavy atom. The molecule has 0 heterocycles. The molecular formula is C25H21Cl2P. The first-order valence-corrected chi connectivity index (χ1v) is 13.0. The van der Waals surface area contributed by atoms with E-state index in [0.29, 0.717) is 6.16 Å². The van der Waals surface area contributed by atoms with Gasteiger partial charge in [0, 0.05) is 0 Å². The van der Waals surface area contributed by atoms with Gasteiger partial charge in [-0.05, 0) is 0 Å². The summed E-state index contributed by atoms with van der Waals surface area (Å²) >= 11 is 14.7. The summed E-state index contributed by atoms with van der Waals surface area (Å²) in [4.78, 5) is 0. The average Bonchev–Trinajstić information content (AvgIpc) is 2.77. The van der Waals surface area contributed by atoms with Crippen LogP contribution in [-0.4, -0.2) is 0 Å². The quantitative estimate of drug-likeness (QED) is 0.321. The van der Waals surface area contributed by atoms with Crippen LogP contribution in [-0.2, 0) is 6.16 Å². The molecule has 0 radical (unpaired) electrons. The van der Waals surface area contributed by atoms with Crippen LogP contribution in [0.15, 0.2) is 115 Å². The predicted molar refractivity (Wildman–Crippen MR) is 126 cm³/mol. The van der Waals surface area contributed by atoms with E-state index >= 15 is 0 Å². The second kappa shape index (κ2) is 7.72. The number of hydrogen-bond acceptors (Lipinski definition) is 0. The zero-order chi connectivity index (χ0) is 19.5. The van der Waals surface area contributed by atoms with Crippen molar-refractivity contribution in [1.82, 2.24) is 0 Å². The van der Waals surface area contributed by atoms with Gasteiger partial charge in [0.25, 0.3) is 0 Å². The zero-order valence-electron chi connectivity index (χ0n) is 15.4. The maximum absolute atomic E-state index is 8.05. The van der Waals surface area contributed by atoms with E-state index < -0.39 is 5.96 Å². The van der Waals surface area contributed by atoms with Crippen LogP contribution >= 0.6 is 28.8 Å². The third kappa shape index (κ3) is 3.16. The Hall–Kier alpha value is -2.11. The fourth-order valence-corrected chi connectivity index (χ4v) is 10.3. The summed E-state index contributed by atoms with van der Waals surface area (Å²) in [6.07, 6.45) is 0.658. The molecule has 0 amide bonds. The van der Waals surface area contributed by atoms with Crippen molar-refractivity contribution in [1.29, 1.82) is 0 Å². The molecule has 140 valence electrons. The van der Waals surface area contributed by atoms with Crippen molar-refractivity contribution in [2.75, 3.05) is 0 Å². The molecule has 4 aromatic rings. The van der Waals surface area contributed by atoms with Crippen LogP contribution in [0.1, 0.15) is 5.56 Å². The molecule has 0 atom stereocenters. The molecule has 0 saturated heterocycles. The molecule has 0 aliphatic rings. The van der Waals surface area contributed by atoms with Gasteiger partial charge in [-0.25, -0.2) is 0 Å². The first kappa shape index (κ1) is 19.2. The Labute approximate surface area is 176 Å². The number of rotatable bonds is 5. The van der Waals surface area contributed by atoms with E-state index in [9.17, 15) is 0 Å². The summed E-state index contributed by atoms with van der Waals surface area (Å²) in [5.74, 6) is -3.32. The summed E-state index contributed by atoms with van der Waals surface area (Å²) < 4.78 is 0. The van der Waals surface area contributed by atoms with Crippen molar-refractivity contribution >= 4 is 44.7 Å². The Morgan fingerprint density at radius 3 is 1.25 bits per heavy atom. The van der Waals surface area contributed by atoms with Gasteiger partial charge < -0.3 is 0 Å². The summed E-state index contributed by atoms with van der Waals surface area (Å²) in [5.41, 5.74) is 1.06. The number of benzene rings is 4. The summed E-state index contributed by atoms with van der Waals surface area (Å²) in [7, 11) is 0.